The Balaban J connectivity index is 1.86. The molecule has 0 radical (unpaired) electrons. The lowest BCUT2D eigenvalue weighted by molar-refractivity contribution is 0.0519. The number of H-pyrrole nitrogens is 1. The first-order chi connectivity index (χ1) is 12.1. The fourth-order valence-corrected chi connectivity index (χ4v) is 2.23. The summed E-state index contributed by atoms with van der Waals surface area (Å²) >= 11 is 0. The quantitative estimate of drug-likeness (QED) is 0.702. The molecule has 0 aliphatic carbocycles. The molecule has 128 valence electrons. The topological polar surface area (TPSA) is 112 Å². The van der Waals surface area contributed by atoms with E-state index in [4.69, 9.17) is 4.74 Å². The molecule has 9 heteroatoms. The van der Waals surface area contributed by atoms with Crippen LogP contribution in [-0.4, -0.2) is 50.8 Å². The molecule has 2 heterocycles. The highest BCUT2D eigenvalue weighted by molar-refractivity contribution is 5.93. The van der Waals surface area contributed by atoms with Crippen LogP contribution in [-0.2, 0) is 9.47 Å². The highest BCUT2D eigenvalue weighted by atomic mass is 16.5. The zero-order valence-corrected chi connectivity index (χ0v) is 13.6. The number of benzene rings is 1. The molecule has 25 heavy (non-hydrogen) atoms. The summed E-state index contributed by atoms with van der Waals surface area (Å²) in [4.78, 5) is 23.3. The fourth-order valence-electron chi connectivity index (χ4n) is 2.23. The van der Waals surface area contributed by atoms with Gasteiger partial charge in [-0.25, -0.2) is 14.3 Å². The summed E-state index contributed by atoms with van der Waals surface area (Å²) in [6.07, 6.45) is 1.65. The summed E-state index contributed by atoms with van der Waals surface area (Å²) < 4.78 is 11.1. The van der Waals surface area contributed by atoms with Gasteiger partial charge in [-0.1, -0.05) is 12.1 Å². The summed E-state index contributed by atoms with van der Waals surface area (Å²) in [6.45, 7) is 1.98. The first-order valence-electron chi connectivity index (χ1n) is 7.46. The van der Waals surface area contributed by atoms with E-state index in [2.05, 4.69) is 25.2 Å². The van der Waals surface area contributed by atoms with Crippen molar-refractivity contribution in [2.75, 3.05) is 13.7 Å². The number of methoxy groups -OCH3 is 1. The Morgan fingerprint density at radius 1 is 1.12 bits per heavy atom. The van der Waals surface area contributed by atoms with Gasteiger partial charge in [-0.3, -0.25) is 0 Å². The Morgan fingerprint density at radius 3 is 2.56 bits per heavy atom. The van der Waals surface area contributed by atoms with E-state index in [9.17, 15) is 9.59 Å². The van der Waals surface area contributed by atoms with Crippen LogP contribution < -0.4 is 0 Å². The van der Waals surface area contributed by atoms with Crippen LogP contribution in [0.1, 0.15) is 27.9 Å². The molecule has 0 saturated carbocycles. The molecule has 1 N–H and O–H groups in total. The van der Waals surface area contributed by atoms with Crippen molar-refractivity contribution in [3.8, 4) is 16.9 Å². The summed E-state index contributed by atoms with van der Waals surface area (Å²) in [5, 5.41) is 14.4. The number of esters is 2. The molecule has 0 spiro atoms. The predicted molar refractivity (Wildman–Crippen MR) is 86.2 cm³/mol. The monoisotopic (exact) mass is 341 g/mol. The minimum Gasteiger partial charge on any atom is -0.464 e. The molecule has 0 fully saturated rings. The van der Waals surface area contributed by atoms with Crippen LogP contribution in [0.4, 0.5) is 0 Å². The molecule has 0 atom stereocenters. The van der Waals surface area contributed by atoms with E-state index in [-0.39, 0.29) is 18.0 Å². The molecular weight excluding hydrogens is 326 g/mol. The van der Waals surface area contributed by atoms with Crippen LogP contribution in [0.25, 0.3) is 16.9 Å². The van der Waals surface area contributed by atoms with Gasteiger partial charge in [-0.15, -0.1) is 5.10 Å². The molecule has 0 aliphatic heterocycles. The second-order valence-electron chi connectivity index (χ2n) is 4.93. The van der Waals surface area contributed by atoms with E-state index in [1.54, 1.807) is 48.1 Å². The number of carbonyl (C=O) groups is 2. The average Bonchev–Trinajstić information content (AvgIpc) is 3.31. The number of aromatic amines is 1. The number of hydrogen-bond acceptors (Lipinski definition) is 7. The van der Waals surface area contributed by atoms with E-state index in [1.807, 2.05) is 0 Å². The molecule has 3 rings (SSSR count). The van der Waals surface area contributed by atoms with Crippen LogP contribution in [0.2, 0.25) is 0 Å². The summed E-state index contributed by atoms with van der Waals surface area (Å²) in [6, 6.07) is 8.68. The van der Waals surface area contributed by atoms with Crippen molar-refractivity contribution in [2.24, 2.45) is 0 Å². The lowest BCUT2D eigenvalue weighted by atomic mass is 10.1. The largest absolute Gasteiger partial charge is 0.464 e. The van der Waals surface area contributed by atoms with Crippen molar-refractivity contribution >= 4 is 11.9 Å². The van der Waals surface area contributed by atoms with E-state index < -0.39 is 11.9 Å². The standard InChI is InChI=1S/C16H15N5O4/c1-3-25-16(23)14-13(17-20-18-14)10-4-6-11(7-5-10)21-9-8-12(19-21)15(22)24-2/h4-9H,3H2,1-2H3,(H,17,18,20). The van der Waals surface area contributed by atoms with Crippen molar-refractivity contribution in [3.63, 3.8) is 0 Å². The molecule has 0 unspecified atom stereocenters. The third-order valence-corrected chi connectivity index (χ3v) is 3.41. The van der Waals surface area contributed by atoms with Crippen LogP contribution in [0.5, 0.6) is 0 Å². The number of rotatable bonds is 5. The zero-order chi connectivity index (χ0) is 17.8. The Bertz CT molecular complexity index is 897. The van der Waals surface area contributed by atoms with Crippen molar-refractivity contribution < 1.29 is 19.1 Å². The number of ether oxygens (including phenoxy) is 2. The molecular formula is C16H15N5O4. The van der Waals surface area contributed by atoms with E-state index >= 15 is 0 Å². The van der Waals surface area contributed by atoms with Gasteiger partial charge in [0.15, 0.2) is 11.4 Å². The van der Waals surface area contributed by atoms with E-state index in [0.29, 0.717) is 11.3 Å². The normalized spacial score (nSPS) is 10.5. The smallest absolute Gasteiger partial charge is 0.361 e. The zero-order valence-electron chi connectivity index (χ0n) is 13.6. The van der Waals surface area contributed by atoms with Crippen LogP contribution in [0.15, 0.2) is 36.5 Å². The van der Waals surface area contributed by atoms with Crippen molar-refractivity contribution in [1.29, 1.82) is 0 Å². The van der Waals surface area contributed by atoms with Crippen LogP contribution in [0, 0.1) is 0 Å². The van der Waals surface area contributed by atoms with Gasteiger partial charge in [0.05, 0.1) is 19.4 Å². The maximum atomic E-state index is 11.9. The maximum absolute atomic E-state index is 11.9. The third-order valence-electron chi connectivity index (χ3n) is 3.41. The van der Waals surface area contributed by atoms with E-state index in [0.717, 1.165) is 5.69 Å². The van der Waals surface area contributed by atoms with Crippen molar-refractivity contribution in [3.05, 3.63) is 47.9 Å². The van der Waals surface area contributed by atoms with Gasteiger partial charge in [0.2, 0.25) is 0 Å². The van der Waals surface area contributed by atoms with Crippen molar-refractivity contribution in [1.82, 2.24) is 25.2 Å². The Hall–Kier alpha value is -3.49. The van der Waals surface area contributed by atoms with Crippen LogP contribution in [0.3, 0.4) is 0 Å². The summed E-state index contributed by atoms with van der Waals surface area (Å²) in [5.41, 5.74) is 2.18. The lowest BCUT2D eigenvalue weighted by Gasteiger charge is -2.04. The molecule has 0 bridgehead atoms. The van der Waals surface area contributed by atoms with E-state index in [1.165, 1.54) is 7.11 Å². The van der Waals surface area contributed by atoms with Gasteiger partial charge in [0.1, 0.15) is 5.69 Å². The first kappa shape index (κ1) is 16.4. The number of nitrogens with one attached hydrogen (secondary N) is 1. The minimum absolute atomic E-state index is 0.127. The second-order valence-corrected chi connectivity index (χ2v) is 4.93. The highest BCUT2D eigenvalue weighted by Crippen LogP contribution is 2.22. The third kappa shape index (κ3) is 3.25. The Kier molecular flexibility index (Phi) is 4.55. The van der Waals surface area contributed by atoms with Gasteiger partial charge in [0, 0.05) is 11.8 Å². The van der Waals surface area contributed by atoms with Gasteiger partial charge < -0.3 is 9.47 Å². The maximum Gasteiger partial charge on any atom is 0.361 e. The number of carbonyl (C=O) groups excluding carboxylic acids is 2. The van der Waals surface area contributed by atoms with Gasteiger partial charge >= 0.3 is 11.9 Å². The SMILES string of the molecule is CCOC(=O)c1n[nH]nc1-c1ccc(-n2ccc(C(=O)OC)n2)cc1. The molecule has 0 saturated heterocycles. The number of nitrogens with zero attached hydrogens (tertiary/aromatic N) is 4. The molecule has 2 aromatic heterocycles. The molecule has 9 nitrogen and oxygen atoms in total. The lowest BCUT2D eigenvalue weighted by Crippen LogP contribution is -2.07. The average molecular weight is 341 g/mol. The minimum atomic E-state index is -0.537. The first-order valence-corrected chi connectivity index (χ1v) is 7.46. The van der Waals surface area contributed by atoms with Gasteiger partial charge in [-0.2, -0.15) is 15.4 Å². The van der Waals surface area contributed by atoms with Gasteiger partial charge in [-0.05, 0) is 25.1 Å². The Morgan fingerprint density at radius 2 is 1.88 bits per heavy atom. The van der Waals surface area contributed by atoms with Crippen LogP contribution >= 0.6 is 0 Å². The Labute approximate surface area is 142 Å². The van der Waals surface area contributed by atoms with Crippen molar-refractivity contribution in [2.45, 2.75) is 6.92 Å². The molecule has 0 amide bonds. The summed E-state index contributed by atoms with van der Waals surface area (Å²) in [5.74, 6) is -1.04. The summed E-state index contributed by atoms with van der Waals surface area (Å²) in [7, 11) is 1.30. The predicted octanol–water partition coefficient (Wildman–Crippen LogP) is 1.62. The number of aromatic nitrogens is 5. The molecule has 1 aromatic carbocycles. The second kappa shape index (κ2) is 6.95. The van der Waals surface area contributed by atoms with Gasteiger partial charge in [0.25, 0.3) is 0 Å². The number of hydrogen-bond donors (Lipinski definition) is 1. The molecule has 0 aliphatic rings. The fraction of sp³-hybridized carbons (Fsp3) is 0.188. The highest BCUT2D eigenvalue weighted by Gasteiger charge is 2.19. The molecule has 3 aromatic rings.